The zero-order chi connectivity index (χ0) is 16.7. The third-order valence-electron chi connectivity index (χ3n) is 3.63. The van der Waals surface area contributed by atoms with Crippen molar-refractivity contribution in [3.8, 4) is 5.75 Å². The molecule has 6 nitrogen and oxygen atoms in total. The van der Waals surface area contributed by atoms with Gasteiger partial charge in [-0.2, -0.15) is 0 Å². The molecular weight excluding hydrogens is 296 g/mol. The summed E-state index contributed by atoms with van der Waals surface area (Å²) in [6.07, 6.45) is 0.792. The molecule has 1 aliphatic heterocycles. The number of ether oxygens (including phenoxy) is 2. The maximum Gasteiger partial charge on any atom is 0.268 e. The number of carbonyl (C=O) groups excluding carboxylic acids is 2. The number of rotatable bonds is 8. The minimum absolute atomic E-state index is 0.00431. The van der Waals surface area contributed by atoms with Crippen LogP contribution >= 0.6 is 0 Å². The van der Waals surface area contributed by atoms with Crippen molar-refractivity contribution in [1.29, 1.82) is 0 Å². The molecule has 0 spiro atoms. The lowest BCUT2D eigenvalue weighted by molar-refractivity contribution is -0.129. The third-order valence-corrected chi connectivity index (χ3v) is 3.63. The van der Waals surface area contributed by atoms with Gasteiger partial charge in [0, 0.05) is 19.8 Å². The van der Waals surface area contributed by atoms with Gasteiger partial charge in [0.1, 0.15) is 12.3 Å². The van der Waals surface area contributed by atoms with Gasteiger partial charge in [0.25, 0.3) is 5.91 Å². The number of fused-ring (bicyclic) bond motifs is 1. The molecule has 0 saturated carbocycles. The largest absolute Gasteiger partial charge is 0.478 e. The van der Waals surface area contributed by atoms with Gasteiger partial charge in [0.2, 0.25) is 5.91 Å². The van der Waals surface area contributed by atoms with Crippen LogP contribution in [0.1, 0.15) is 26.7 Å². The molecule has 0 saturated heterocycles. The Morgan fingerprint density at radius 1 is 1.35 bits per heavy atom. The molecule has 0 radical (unpaired) electrons. The lowest BCUT2D eigenvalue weighted by atomic mass is 10.1. The molecule has 0 aliphatic carbocycles. The van der Waals surface area contributed by atoms with Crippen molar-refractivity contribution in [2.24, 2.45) is 0 Å². The summed E-state index contributed by atoms with van der Waals surface area (Å²) in [5.74, 6) is 0.292. The quantitative estimate of drug-likeness (QED) is 0.741. The molecule has 0 aromatic heterocycles. The Bertz CT molecular complexity index is 547. The summed E-state index contributed by atoms with van der Waals surface area (Å²) in [6.45, 7) is 5.66. The van der Waals surface area contributed by atoms with E-state index in [-0.39, 0.29) is 18.4 Å². The number of anilines is 1. The van der Waals surface area contributed by atoms with Crippen LogP contribution in [0.3, 0.4) is 0 Å². The summed E-state index contributed by atoms with van der Waals surface area (Å²) >= 11 is 0. The fourth-order valence-corrected chi connectivity index (χ4v) is 2.44. The molecule has 2 rings (SSSR count). The molecule has 1 aromatic carbocycles. The van der Waals surface area contributed by atoms with Crippen LogP contribution in [-0.4, -0.2) is 44.2 Å². The summed E-state index contributed by atoms with van der Waals surface area (Å²) in [6, 6.07) is 7.29. The average molecular weight is 320 g/mol. The fraction of sp³-hybridized carbons (Fsp3) is 0.529. The molecule has 1 aromatic rings. The molecule has 1 atom stereocenters. The van der Waals surface area contributed by atoms with Gasteiger partial charge in [-0.15, -0.1) is 0 Å². The summed E-state index contributed by atoms with van der Waals surface area (Å²) < 4.78 is 10.9. The van der Waals surface area contributed by atoms with Crippen LogP contribution in [0.5, 0.6) is 5.75 Å². The smallest absolute Gasteiger partial charge is 0.268 e. The van der Waals surface area contributed by atoms with Crippen molar-refractivity contribution in [1.82, 2.24) is 5.32 Å². The van der Waals surface area contributed by atoms with Crippen LogP contribution < -0.4 is 15.0 Å². The zero-order valence-corrected chi connectivity index (χ0v) is 13.7. The van der Waals surface area contributed by atoms with E-state index in [2.05, 4.69) is 5.32 Å². The first-order valence-electron chi connectivity index (χ1n) is 8.08. The minimum atomic E-state index is -0.532. The topological polar surface area (TPSA) is 67.9 Å². The fourth-order valence-electron chi connectivity index (χ4n) is 2.44. The number of amides is 2. The normalized spacial score (nSPS) is 16.7. The Labute approximate surface area is 136 Å². The molecule has 0 bridgehead atoms. The SMILES string of the molecule is CCOCCCNC(=O)CN1C(=O)[C@@H](CC)Oc2ccccc21. The second-order valence-electron chi connectivity index (χ2n) is 5.31. The highest BCUT2D eigenvalue weighted by Gasteiger charge is 2.33. The molecule has 126 valence electrons. The molecule has 0 unspecified atom stereocenters. The van der Waals surface area contributed by atoms with Crippen molar-refractivity contribution in [3.05, 3.63) is 24.3 Å². The van der Waals surface area contributed by atoms with E-state index in [0.29, 0.717) is 37.6 Å². The second kappa shape index (κ2) is 8.53. The van der Waals surface area contributed by atoms with Gasteiger partial charge in [-0.1, -0.05) is 19.1 Å². The van der Waals surface area contributed by atoms with Crippen LogP contribution in [-0.2, 0) is 14.3 Å². The van der Waals surface area contributed by atoms with E-state index in [4.69, 9.17) is 9.47 Å². The first-order valence-corrected chi connectivity index (χ1v) is 8.08. The maximum atomic E-state index is 12.5. The molecule has 2 amide bonds. The van der Waals surface area contributed by atoms with E-state index in [1.807, 2.05) is 32.0 Å². The average Bonchev–Trinajstić information content (AvgIpc) is 2.57. The Morgan fingerprint density at radius 2 is 2.13 bits per heavy atom. The third kappa shape index (κ3) is 4.45. The van der Waals surface area contributed by atoms with E-state index >= 15 is 0 Å². The summed E-state index contributed by atoms with van der Waals surface area (Å²) in [5.41, 5.74) is 0.645. The number of nitrogens with zero attached hydrogens (tertiary/aromatic N) is 1. The highest BCUT2D eigenvalue weighted by Crippen LogP contribution is 2.34. The monoisotopic (exact) mass is 320 g/mol. The zero-order valence-electron chi connectivity index (χ0n) is 13.7. The van der Waals surface area contributed by atoms with Gasteiger partial charge in [-0.05, 0) is 31.9 Å². The maximum absolute atomic E-state index is 12.5. The number of nitrogens with one attached hydrogen (secondary N) is 1. The molecule has 1 heterocycles. The van der Waals surface area contributed by atoms with Crippen LogP contribution in [0.2, 0.25) is 0 Å². The Hall–Kier alpha value is -2.08. The molecule has 0 fully saturated rings. The van der Waals surface area contributed by atoms with Crippen LogP contribution in [0.15, 0.2) is 24.3 Å². The van der Waals surface area contributed by atoms with Gasteiger partial charge in [-0.3, -0.25) is 14.5 Å². The van der Waals surface area contributed by atoms with Crippen LogP contribution in [0.4, 0.5) is 5.69 Å². The highest BCUT2D eigenvalue weighted by atomic mass is 16.5. The van der Waals surface area contributed by atoms with Crippen molar-refractivity contribution < 1.29 is 19.1 Å². The standard InChI is InChI=1S/C17H24N2O4/c1-3-14-17(21)19(13-8-5-6-9-15(13)23-14)12-16(20)18-10-7-11-22-4-2/h5-6,8-9,14H,3-4,7,10-12H2,1-2H3,(H,18,20)/t14-/m1/s1. The first kappa shape index (κ1) is 17.3. The number of carbonyl (C=O) groups is 2. The molecule has 23 heavy (non-hydrogen) atoms. The number of para-hydroxylation sites is 2. The van der Waals surface area contributed by atoms with Gasteiger partial charge in [0.05, 0.1) is 5.69 Å². The molecule has 1 aliphatic rings. The lowest BCUT2D eigenvalue weighted by Crippen LogP contribution is -2.49. The highest BCUT2D eigenvalue weighted by molar-refractivity contribution is 6.03. The second-order valence-corrected chi connectivity index (χ2v) is 5.31. The van der Waals surface area contributed by atoms with E-state index in [0.717, 1.165) is 6.42 Å². The van der Waals surface area contributed by atoms with Crippen molar-refractivity contribution >= 4 is 17.5 Å². The van der Waals surface area contributed by atoms with E-state index in [1.165, 1.54) is 4.90 Å². The van der Waals surface area contributed by atoms with Gasteiger partial charge in [-0.25, -0.2) is 0 Å². The van der Waals surface area contributed by atoms with Crippen LogP contribution in [0.25, 0.3) is 0 Å². The number of hydrogen-bond acceptors (Lipinski definition) is 4. The number of benzene rings is 1. The van der Waals surface area contributed by atoms with Gasteiger partial charge >= 0.3 is 0 Å². The molecule has 1 N–H and O–H groups in total. The lowest BCUT2D eigenvalue weighted by Gasteiger charge is -2.33. The van der Waals surface area contributed by atoms with Crippen molar-refractivity contribution in [3.63, 3.8) is 0 Å². The predicted molar refractivity (Wildman–Crippen MR) is 87.6 cm³/mol. The predicted octanol–water partition coefficient (Wildman–Crippen LogP) is 1.73. The van der Waals surface area contributed by atoms with E-state index < -0.39 is 6.10 Å². The summed E-state index contributed by atoms with van der Waals surface area (Å²) in [7, 11) is 0. The van der Waals surface area contributed by atoms with E-state index in [9.17, 15) is 9.59 Å². The molecule has 6 heteroatoms. The Kier molecular flexibility index (Phi) is 6.40. The Balaban J connectivity index is 1.97. The minimum Gasteiger partial charge on any atom is -0.478 e. The number of hydrogen-bond donors (Lipinski definition) is 1. The van der Waals surface area contributed by atoms with Crippen molar-refractivity contribution in [2.75, 3.05) is 31.2 Å². The first-order chi connectivity index (χ1) is 11.2. The van der Waals surface area contributed by atoms with Crippen LogP contribution in [0, 0.1) is 0 Å². The summed E-state index contributed by atoms with van der Waals surface area (Å²) in [5, 5.41) is 2.82. The molecular formula is C17H24N2O4. The Morgan fingerprint density at radius 3 is 2.87 bits per heavy atom. The van der Waals surface area contributed by atoms with Gasteiger partial charge in [0.15, 0.2) is 6.10 Å². The van der Waals surface area contributed by atoms with Crippen molar-refractivity contribution in [2.45, 2.75) is 32.8 Å². The van der Waals surface area contributed by atoms with E-state index in [1.54, 1.807) is 6.07 Å². The summed E-state index contributed by atoms with van der Waals surface area (Å²) in [4.78, 5) is 26.1. The van der Waals surface area contributed by atoms with Gasteiger partial charge < -0.3 is 14.8 Å².